The Bertz CT molecular complexity index is 304. The van der Waals surface area contributed by atoms with Crippen LogP contribution >= 0.6 is 0 Å². The zero-order valence-electron chi connectivity index (χ0n) is 9.67. The molecule has 0 aromatic carbocycles. The molecule has 0 unspecified atom stereocenters. The van der Waals surface area contributed by atoms with E-state index in [0.717, 1.165) is 0 Å². The highest BCUT2D eigenvalue weighted by atomic mass is 16.5. The number of ether oxygens (including phenoxy) is 1. The monoisotopic (exact) mass is 239 g/mol. The molecule has 0 radical (unpaired) electrons. The van der Waals surface area contributed by atoms with E-state index < -0.39 is 18.0 Å². The molecule has 0 fully saturated rings. The van der Waals surface area contributed by atoms with Crippen molar-refractivity contribution in [2.24, 2.45) is 0 Å². The zero-order chi connectivity index (χ0) is 13.3. The third-order valence-electron chi connectivity index (χ3n) is 2.03. The lowest BCUT2D eigenvalue weighted by atomic mass is 10.1. The van der Waals surface area contributed by atoms with Crippen molar-refractivity contribution in [2.45, 2.75) is 18.9 Å². The molecule has 94 valence electrons. The summed E-state index contributed by atoms with van der Waals surface area (Å²) in [6, 6.07) is -0.721. The number of carbonyl (C=O) groups excluding carboxylic acids is 1. The van der Waals surface area contributed by atoms with Crippen LogP contribution in [0.15, 0.2) is 38.2 Å². The van der Waals surface area contributed by atoms with Crippen molar-refractivity contribution in [2.75, 3.05) is 6.61 Å². The highest BCUT2D eigenvalue weighted by Gasteiger charge is 2.24. The number of rotatable bonds is 9. The van der Waals surface area contributed by atoms with Crippen LogP contribution in [0.25, 0.3) is 0 Å². The average molecular weight is 239 g/mol. The van der Waals surface area contributed by atoms with Crippen LogP contribution in [0.5, 0.6) is 0 Å². The van der Waals surface area contributed by atoms with Crippen molar-refractivity contribution < 1.29 is 19.4 Å². The summed E-state index contributed by atoms with van der Waals surface area (Å²) < 4.78 is 4.88. The van der Waals surface area contributed by atoms with E-state index in [1.54, 1.807) is 0 Å². The van der Waals surface area contributed by atoms with Gasteiger partial charge in [-0.25, -0.2) is 4.79 Å². The summed E-state index contributed by atoms with van der Waals surface area (Å²) in [4.78, 5) is 23.6. The molecule has 17 heavy (non-hydrogen) atoms. The molecule has 0 amide bonds. The van der Waals surface area contributed by atoms with Gasteiger partial charge in [-0.1, -0.05) is 25.8 Å². The Morgan fingerprint density at radius 2 is 1.88 bits per heavy atom. The van der Waals surface area contributed by atoms with Gasteiger partial charge >= 0.3 is 11.9 Å². The molecule has 0 heterocycles. The Balaban J connectivity index is 4.62. The summed E-state index contributed by atoms with van der Waals surface area (Å²) in [7, 11) is 0. The van der Waals surface area contributed by atoms with Crippen LogP contribution in [-0.4, -0.2) is 34.6 Å². The molecule has 0 rings (SSSR count). The quantitative estimate of drug-likeness (QED) is 0.488. The van der Waals surface area contributed by atoms with E-state index >= 15 is 0 Å². The van der Waals surface area contributed by atoms with Crippen LogP contribution in [-0.2, 0) is 14.3 Å². The van der Waals surface area contributed by atoms with Gasteiger partial charge in [0.05, 0.1) is 0 Å². The van der Waals surface area contributed by atoms with E-state index in [9.17, 15) is 9.59 Å². The molecule has 0 spiro atoms. The maximum absolute atomic E-state index is 11.7. The van der Waals surface area contributed by atoms with Gasteiger partial charge in [-0.2, -0.15) is 0 Å². The van der Waals surface area contributed by atoms with E-state index in [1.165, 1.54) is 23.4 Å². The van der Waals surface area contributed by atoms with Crippen LogP contribution in [0.4, 0.5) is 0 Å². The van der Waals surface area contributed by atoms with Crippen molar-refractivity contribution in [1.82, 2.24) is 4.90 Å². The molecule has 0 bridgehead atoms. The van der Waals surface area contributed by atoms with Crippen molar-refractivity contribution in [3.8, 4) is 0 Å². The number of hydrogen-bond acceptors (Lipinski definition) is 4. The van der Waals surface area contributed by atoms with Gasteiger partial charge in [0, 0.05) is 6.42 Å². The second-order valence-corrected chi connectivity index (χ2v) is 3.18. The van der Waals surface area contributed by atoms with Crippen molar-refractivity contribution in [3.63, 3.8) is 0 Å². The lowest BCUT2D eigenvalue weighted by Gasteiger charge is -2.24. The van der Waals surface area contributed by atoms with Gasteiger partial charge < -0.3 is 14.7 Å². The molecule has 0 saturated heterocycles. The average Bonchev–Trinajstić information content (AvgIpc) is 2.31. The van der Waals surface area contributed by atoms with Gasteiger partial charge in [-0.15, -0.1) is 0 Å². The number of carbonyl (C=O) groups is 2. The smallest absolute Gasteiger partial charge is 0.329 e. The number of hydrogen-bond donors (Lipinski definition) is 1. The fraction of sp³-hybridized carbons (Fsp3) is 0.333. The van der Waals surface area contributed by atoms with Crippen molar-refractivity contribution in [3.05, 3.63) is 38.2 Å². The molecule has 5 nitrogen and oxygen atoms in total. The Hall–Kier alpha value is -2.04. The largest absolute Gasteiger partial charge is 0.481 e. The third kappa shape index (κ3) is 5.55. The molecule has 0 aliphatic rings. The Morgan fingerprint density at radius 3 is 2.29 bits per heavy atom. The van der Waals surface area contributed by atoms with Crippen LogP contribution in [0, 0.1) is 0 Å². The van der Waals surface area contributed by atoms with Crippen LogP contribution in [0.3, 0.4) is 0 Å². The molecular weight excluding hydrogens is 222 g/mol. The SMILES string of the molecule is C=CCOC(=O)[C@H](CCC(=O)O)N(C=C)C=C. The maximum Gasteiger partial charge on any atom is 0.329 e. The number of nitrogens with zero attached hydrogens (tertiary/aromatic N) is 1. The van der Waals surface area contributed by atoms with Gasteiger partial charge in [0.2, 0.25) is 0 Å². The number of esters is 1. The number of carboxylic acid groups (broad SMARTS) is 1. The van der Waals surface area contributed by atoms with Gasteiger partial charge in [0.25, 0.3) is 0 Å². The van der Waals surface area contributed by atoms with E-state index in [-0.39, 0.29) is 19.4 Å². The predicted molar refractivity (Wildman–Crippen MR) is 64.0 cm³/mol. The summed E-state index contributed by atoms with van der Waals surface area (Å²) in [6.07, 6.45) is 4.23. The first kappa shape index (κ1) is 15.0. The molecule has 5 heteroatoms. The highest BCUT2D eigenvalue weighted by molar-refractivity contribution is 5.77. The second kappa shape index (κ2) is 8.15. The minimum atomic E-state index is -0.973. The first-order chi connectivity index (χ1) is 8.06. The molecule has 0 aliphatic heterocycles. The minimum Gasteiger partial charge on any atom is -0.481 e. The van der Waals surface area contributed by atoms with E-state index in [0.29, 0.717) is 0 Å². The normalized spacial score (nSPS) is 11.1. The molecule has 0 aromatic heterocycles. The first-order valence-corrected chi connectivity index (χ1v) is 5.08. The van der Waals surface area contributed by atoms with E-state index in [2.05, 4.69) is 19.7 Å². The summed E-state index contributed by atoms with van der Waals surface area (Å²) in [5.74, 6) is -1.49. The first-order valence-electron chi connectivity index (χ1n) is 5.08. The number of aliphatic carboxylic acids is 1. The lowest BCUT2D eigenvalue weighted by Crippen LogP contribution is -2.36. The molecule has 1 atom stereocenters. The van der Waals surface area contributed by atoms with Gasteiger partial charge in [-0.05, 0) is 18.8 Å². The summed E-state index contributed by atoms with van der Waals surface area (Å²) in [5, 5.41) is 8.61. The van der Waals surface area contributed by atoms with Crippen molar-refractivity contribution >= 4 is 11.9 Å². The topological polar surface area (TPSA) is 66.8 Å². The van der Waals surface area contributed by atoms with E-state index in [4.69, 9.17) is 9.84 Å². The summed E-state index contributed by atoms with van der Waals surface area (Å²) in [5.41, 5.74) is 0. The summed E-state index contributed by atoms with van der Waals surface area (Å²) >= 11 is 0. The van der Waals surface area contributed by atoms with Gasteiger partial charge in [0.1, 0.15) is 12.6 Å². The van der Waals surface area contributed by atoms with Gasteiger partial charge in [-0.3, -0.25) is 4.79 Å². The molecule has 0 aliphatic carbocycles. The lowest BCUT2D eigenvalue weighted by molar-refractivity contribution is -0.147. The summed E-state index contributed by atoms with van der Waals surface area (Å²) in [6.45, 7) is 10.6. The molecular formula is C12H17NO4. The zero-order valence-corrected chi connectivity index (χ0v) is 9.67. The maximum atomic E-state index is 11.7. The molecule has 0 aromatic rings. The van der Waals surface area contributed by atoms with Gasteiger partial charge in [0.15, 0.2) is 0 Å². The Kier molecular flexibility index (Phi) is 7.17. The van der Waals surface area contributed by atoms with Crippen LogP contribution < -0.4 is 0 Å². The van der Waals surface area contributed by atoms with Crippen molar-refractivity contribution in [1.29, 1.82) is 0 Å². The van der Waals surface area contributed by atoms with E-state index in [1.807, 2.05) is 0 Å². The molecule has 0 saturated carbocycles. The third-order valence-corrected chi connectivity index (χ3v) is 2.03. The molecule has 1 N–H and O–H groups in total. The Labute approximate surface area is 101 Å². The van der Waals surface area contributed by atoms with Crippen LogP contribution in [0.1, 0.15) is 12.8 Å². The number of carboxylic acids is 1. The predicted octanol–water partition coefficient (Wildman–Crippen LogP) is 1.54. The fourth-order valence-electron chi connectivity index (χ4n) is 1.22. The fourth-order valence-corrected chi connectivity index (χ4v) is 1.22. The highest BCUT2D eigenvalue weighted by Crippen LogP contribution is 2.10. The van der Waals surface area contributed by atoms with Crippen LogP contribution in [0.2, 0.25) is 0 Å². The standard InChI is InChI=1S/C12H17NO4/c1-4-9-17-12(16)10(7-8-11(14)15)13(5-2)6-3/h4-6,10H,1-3,7-9H2,(H,14,15)/t10-/m0/s1. The second-order valence-electron chi connectivity index (χ2n) is 3.18. The minimum absolute atomic E-state index is 0.0878. The Morgan fingerprint density at radius 1 is 1.29 bits per heavy atom.